The van der Waals surface area contributed by atoms with Crippen molar-refractivity contribution in [1.82, 2.24) is 9.55 Å². The van der Waals surface area contributed by atoms with Gasteiger partial charge in [0.2, 0.25) is 0 Å². The number of esters is 1. The van der Waals surface area contributed by atoms with Crippen molar-refractivity contribution in [3.8, 4) is 11.3 Å². The number of carbonyl (C=O) groups excluding carboxylic acids is 2. The summed E-state index contributed by atoms with van der Waals surface area (Å²) in [5.41, 5.74) is 4.49. The minimum absolute atomic E-state index is 0.374. The third-order valence-corrected chi connectivity index (χ3v) is 5.86. The number of nitrogens with one attached hydrogen (secondary N) is 1. The molecule has 0 aliphatic rings. The summed E-state index contributed by atoms with van der Waals surface area (Å²) in [5, 5.41) is 5.72. The summed E-state index contributed by atoms with van der Waals surface area (Å²) in [6.45, 7) is 5.85. The first-order valence-corrected chi connectivity index (χ1v) is 11.0. The van der Waals surface area contributed by atoms with Crippen LogP contribution in [0.1, 0.15) is 32.5 Å². The number of rotatable bonds is 7. The molecule has 1 N–H and O–H groups in total. The minimum atomic E-state index is -0.536. The number of furan rings is 1. The summed E-state index contributed by atoms with van der Waals surface area (Å²) in [5.74, 6) is -0.152. The number of anilines is 1. The largest absolute Gasteiger partial charge is 0.467 e. The average molecular weight is 450 g/mol. The number of ether oxygens (including phenoxy) is 1. The van der Waals surface area contributed by atoms with E-state index >= 15 is 0 Å². The number of nitrogens with zero attached hydrogens (tertiary/aromatic N) is 2. The molecule has 0 bridgehead atoms. The number of hydrogen-bond donors (Lipinski definition) is 1. The van der Waals surface area contributed by atoms with Crippen LogP contribution in [-0.4, -0.2) is 28.0 Å². The predicted molar refractivity (Wildman–Crippen MR) is 123 cm³/mol. The summed E-state index contributed by atoms with van der Waals surface area (Å²) in [7, 11) is 0. The number of carbonyl (C=O) groups is 2. The molecule has 0 unspecified atom stereocenters. The lowest BCUT2D eigenvalue weighted by Crippen LogP contribution is -2.21. The van der Waals surface area contributed by atoms with Gasteiger partial charge in [0.15, 0.2) is 6.61 Å². The van der Waals surface area contributed by atoms with Crippen LogP contribution in [-0.2, 0) is 16.1 Å². The lowest BCUT2D eigenvalue weighted by atomic mass is 10.1. The van der Waals surface area contributed by atoms with Crippen molar-refractivity contribution in [3.63, 3.8) is 0 Å². The molecule has 1 aromatic carbocycles. The molecular formula is C24H23N3O4S. The summed E-state index contributed by atoms with van der Waals surface area (Å²) in [6, 6.07) is 12.9. The second-order valence-corrected chi connectivity index (χ2v) is 8.47. The molecule has 164 valence electrons. The van der Waals surface area contributed by atoms with Gasteiger partial charge in [-0.15, -0.1) is 11.3 Å². The molecule has 0 aliphatic heterocycles. The van der Waals surface area contributed by atoms with Crippen molar-refractivity contribution in [1.29, 1.82) is 0 Å². The topological polar surface area (TPSA) is 86.4 Å². The van der Waals surface area contributed by atoms with Crippen LogP contribution >= 0.6 is 11.3 Å². The SMILES string of the molecule is Cc1nc(-c2cccc(NC(=O)COC(=O)c3cc(C)n(Cc4ccco4)c3C)c2)cs1. The number of aryl methyl sites for hydroxylation is 2. The van der Waals surface area contributed by atoms with Gasteiger partial charge in [0.05, 0.1) is 29.1 Å². The standard InChI is InChI=1S/C24H23N3O4S/c1-15-10-21(16(2)27(15)12-20-8-5-9-30-20)24(29)31-13-23(28)26-19-7-4-6-18(11-19)22-14-32-17(3)25-22/h4-11,14H,12-13H2,1-3H3,(H,26,28). The molecule has 0 aliphatic carbocycles. The quantitative estimate of drug-likeness (QED) is 0.403. The first-order chi connectivity index (χ1) is 15.4. The highest BCUT2D eigenvalue weighted by atomic mass is 32.1. The Hall–Kier alpha value is -3.65. The Kier molecular flexibility index (Phi) is 6.23. The molecule has 3 aromatic heterocycles. The van der Waals surface area contributed by atoms with Crippen LogP contribution in [0.15, 0.2) is 58.5 Å². The van der Waals surface area contributed by atoms with Crippen LogP contribution in [0.4, 0.5) is 5.69 Å². The van der Waals surface area contributed by atoms with Crippen molar-refractivity contribution < 1.29 is 18.7 Å². The molecule has 4 aromatic rings. The van der Waals surface area contributed by atoms with Crippen LogP contribution in [0.3, 0.4) is 0 Å². The van der Waals surface area contributed by atoms with Gasteiger partial charge < -0.3 is 19.0 Å². The molecule has 0 saturated heterocycles. The zero-order valence-electron chi connectivity index (χ0n) is 18.0. The molecule has 0 atom stereocenters. The Balaban J connectivity index is 1.37. The third-order valence-electron chi connectivity index (χ3n) is 5.08. The molecular weight excluding hydrogens is 426 g/mol. The van der Waals surface area contributed by atoms with Gasteiger partial charge in [-0.1, -0.05) is 12.1 Å². The summed E-state index contributed by atoms with van der Waals surface area (Å²) in [6.07, 6.45) is 1.62. The maximum absolute atomic E-state index is 12.6. The van der Waals surface area contributed by atoms with Crippen LogP contribution in [0.5, 0.6) is 0 Å². The van der Waals surface area contributed by atoms with E-state index in [0.717, 1.165) is 33.4 Å². The Morgan fingerprint density at radius 1 is 1.16 bits per heavy atom. The van der Waals surface area contributed by atoms with Crippen LogP contribution < -0.4 is 5.32 Å². The zero-order valence-corrected chi connectivity index (χ0v) is 18.9. The number of aromatic nitrogens is 2. The highest BCUT2D eigenvalue weighted by Crippen LogP contribution is 2.24. The fourth-order valence-electron chi connectivity index (χ4n) is 3.47. The Labute approximate surface area is 189 Å². The van der Waals surface area contributed by atoms with E-state index in [0.29, 0.717) is 17.8 Å². The molecule has 8 heteroatoms. The van der Waals surface area contributed by atoms with E-state index in [1.165, 1.54) is 0 Å². The molecule has 32 heavy (non-hydrogen) atoms. The fraction of sp³-hybridized carbons (Fsp3) is 0.208. The van der Waals surface area contributed by atoms with Gasteiger partial charge in [0.1, 0.15) is 5.76 Å². The van der Waals surface area contributed by atoms with E-state index in [1.54, 1.807) is 29.7 Å². The van der Waals surface area contributed by atoms with Crippen molar-refractivity contribution in [2.45, 2.75) is 27.3 Å². The number of hydrogen-bond acceptors (Lipinski definition) is 6. The summed E-state index contributed by atoms with van der Waals surface area (Å²) >= 11 is 1.57. The third kappa shape index (κ3) is 4.81. The molecule has 0 radical (unpaired) electrons. The van der Waals surface area contributed by atoms with Crippen LogP contribution in [0.25, 0.3) is 11.3 Å². The lowest BCUT2D eigenvalue weighted by molar-refractivity contribution is -0.119. The fourth-order valence-corrected chi connectivity index (χ4v) is 4.09. The van der Waals surface area contributed by atoms with Crippen molar-refractivity contribution in [2.24, 2.45) is 0 Å². The zero-order chi connectivity index (χ0) is 22.7. The molecule has 1 amide bonds. The molecule has 4 rings (SSSR count). The maximum atomic E-state index is 12.6. The second-order valence-electron chi connectivity index (χ2n) is 7.41. The highest BCUT2D eigenvalue weighted by molar-refractivity contribution is 7.09. The van der Waals surface area contributed by atoms with Gasteiger partial charge in [-0.3, -0.25) is 4.79 Å². The van der Waals surface area contributed by atoms with E-state index in [1.807, 2.05) is 61.1 Å². The predicted octanol–water partition coefficient (Wildman–Crippen LogP) is 4.97. The second kappa shape index (κ2) is 9.23. The van der Waals surface area contributed by atoms with E-state index in [9.17, 15) is 9.59 Å². The monoisotopic (exact) mass is 449 g/mol. The van der Waals surface area contributed by atoms with Gasteiger partial charge >= 0.3 is 5.97 Å². The lowest BCUT2D eigenvalue weighted by Gasteiger charge is -2.09. The van der Waals surface area contributed by atoms with Crippen molar-refractivity contribution in [2.75, 3.05) is 11.9 Å². The molecule has 7 nitrogen and oxygen atoms in total. The van der Waals surface area contributed by atoms with E-state index in [-0.39, 0.29) is 6.61 Å². The average Bonchev–Trinajstić information content (AvgIpc) is 3.50. The Bertz CT molecular complexity index is 1250. The van der Waals surface area contributed by atoms with Gasteiger partial charge in [-0.05, 0) is 51.1 Å². The number of amides is 1. The Morgan fingerprint density at radius 3 is 2.72 bits per heavy atom. The first kappa shape index (κ1) is 21.6. The van der Waals surface area contributed by atoms with Gasteiger partial charge in [0, 0.05) is 28.0 Å². The van der Waals surface area contributed by atoms with Crippen LogP contribution in [0.2, 0.25) is 0 Å². The van der Waals surface area contributed by atoms with Crippen LogP contribution in [0, 0.1) is 20.8 Å². The molecule has 0 saturated carbocycles. The highest BCUT2D eigenvalue weighted by Gasteiger charge is 2.19. The minimum Gasteiger partial charge on any atom is -0.467 e. The van der Waals surface area contributed by atoms with Gasteiger partial charge in [-0.25, -0.2) is 9.78 Å². The van der Waals surface area contributed by atoms with E-state index in [4.69, 9.17) is 9.15 Å². The maximum Gasteiger partial charge on any atom is 0.340 e. The number of benzene rings is 1. The normalized spacial score (nSPS) is 10.8. The molecule has 0 fully saturated rings. The van der Waals surface area contributed by atoms with E-state index in [2.05, 4.69) is 10.3 Å². The number of thiazole rings is 1. The molecule has 3 heterocycles. The smallest absolute Gasteiger partial charge is 0.340 e. The van der Waals surface area contributed by atoms with Crippen molar-refractivity contribution in [3.05, 3.63) is 81.8 Å². The van der Waals surface area contributed by atoms with E-state index < -0.39 is 11.9 Å². The van der Waals surface area contributed by atoms with Gasteiger partial charge in [0.25, 0.3) is 5.91 Å². The first-order valence-electron chi connectivity index (χ1n) is 10.1. The summed E-state index contributed by atoms with van der Waals surface area (Å²) in [4.78, 5) is 29.4. The summed E-state index contributed by atoms with van der Waals surface area (Å²) < 4.78 is 12.6. The van der Waals surface area contributed by atoms with Crippen molar-refractivity contribution >= 4 is 28.9 Å². The van der Waals surface area contributed by atoms with Gasteiger partial charge in [-0.2, -0.15) is 0 Å². The molecule has 0 spiro atoms. The Morgan fingerprint density at radius 2 is 2.00 bits per heavy atom.